The molecule has 0 saturated carbocycles. The van der Waals surface area contributed by atoms with Crippen LogP contribution in [0, 0.1) is 0 Å². The zero-order chi connectivity index (χ0) is 25.0. The van der Waals surface area contributed by atoms with Gasteiger partial charge in [-0.25, -0.2) is 0 Å². The van der Waals surface area contributed by atoms with E-state index < -0.39 is 0 Å². The molecule has 0 aliphatic heterocycles. The molecule has 0 N–H and O–H groups in total. The Balaban J connectivity index is 3.10. The second-order valence-corrected chi connectivity index (χ2v) is 14.8. The van der Waals surface area contributed by atoms with Gasteiger partial charge in [0.2, 0.25) is 0 Å². The third kappa shape index (κ3) is 29.6. The molecule has 0 aromatic rings. The van der Waals surface area contributed by atoms with Gasteiger partial charge >= 0.3 is 0 Å². The SMILES string of the molecule is CCOSC(=O)SSCCCCCCCCCCCCCCCCCCSSC(=O)SOCC. The minimum atomic E-state index is 0.0520. The molecule has 0 aliphatic carbocycles. The Morgan fingerprint density at radius 1 is 0.471 bits per heavy atom. The lowest BCUT2D eigenvalue weighted by atomic mass is 10.0. The minimum Gasteiger partial charge on any atom is -0.308 e. The Hall–Kier alpha value is 1.36. The Bertz CT molecular complexity index is 417. The zero-order valence-electron chi connectivity index (χ0n) is 21.2. The third-order valence-corrected chi connectivity index (χ3v) is 11.5. The van der Waals surface area contributed by atoms with Crippen molar-refractivity contribution in [1.29, 1.82) is 0 Å². The summed E-state index contributed by atoms with van der Waals surface area (Å²) in [5.74, 6) is 2.11. The first kappa shape index (κ1) is 35.4. The molecule has 0 fully saturated rings. The maximum absolute atomic E-state index is 11.4. The average molecular weight is 591 g/mol. The van der Waals surface area contributed by atoms with Crippen LogP contribution in [0.2, 0.25) is 0 Å². The predicted octanol–water partition coefficient (Wildman–Crippen LogP) is 11.6. The van der Waals surface area contributed by atoms with E-state index in [1.807, 2.05) is 13.8 Å². The monoisotopic (exact) mass is 590 g/mol. The summed E-state index contributed by atoms with van der Waals surface area (Å²) in [6.45, 7) is 4.93. The summed E-state index contributed by atoms with van der Waals surface area (Å²) in [7, 11) is 5.93. The molecule has 0 amide bonds. The van der Waals surface area contributed by atoms with Crippen LogP contribution < -0.4 is 0 Å². The zero-order valence-corrected chi connectivity index (χ0v) is 26.1. The Labute approximate surface area is 234 Å². The van der Waals surface area contributed by atoms with Crippen LogP contribution in [-0.4, -0.2) is 33.6 Å². The summed E-state index contributed by atoms with van der Waals surface area (Å²) in [5.41, 5.74) is 0. The van der Waals surface area contributed by atoms with Crippen LogP contribution in [0.5, 0.6) is 0 Å². The number of hydrogen-bond acceptors (Lipinski definition) is 10. The molecule has 0 aromatic heterocycles. The summed E-state index contributed by atoms with van der Waals surface area (Å²) >= 11 is 1.92. The Morgan fingerprint density at radius 3 is 1.00 bits per heavy atom. The highest BCUT2D eigenvalue weighted by Gasteiger charge is 2.05. The van der Waals surface area contributed by atoms with Crippen molar-refractivity contribution in [2.24, 2.45) is 0 Å². The second-order valence-electron chi connectivity index (χ2n) is 7.95. The van der Waals surface area contributed by atoms with Gasteiger partial charge in [-0.15, -0.1) is 0 Å². The standard InChI is InChI=1S/C24H46O4S6/c1-3-27-31-23(25)33-29-21-19-17-15-13-11-9-7-5-6-8-10-12-14-16-18-20-22-30-34-24(26)32-28-4-2/h3-22H2,1-2H3. The average Bonchev–Trinajstić information content (AvgIpc) is 2.84. The van der Waals surface area contributed by atoms with Gasteiger partial charge in [-0.2, -0.15) is 0 Å². The van der Waals surface area contributed by atoms with E-state index in [2.05, 4.69) is 0 Å². The fraction of sp³-hybridized carbons (Fsp3) is 0.917. The number of rotatable bonds is 25. The fourth-order valence-corrected chi connectivity index (χ4v) is 8.31. The van der Waals surface area contributed by atoms with Gasteiger partial charge < -0.3 is 8.37 Å². The fourth-order valence-electron chi connectivity index (χ4n) is 3.22. The Morgan fingerprint density at radius 2 is 0.735 bits per heavy atom. The highest BCUT2D eigenvalue weighted by atomic mass is 33.1. The van der Waals surface area contributed by atoms with Crippen LogP contribution >= 0.6 is 67.3 Å². The van der Waals surface area contributed by atoms with Crippen molar-refractivity contribution in [3.05, 3.63) is 0 Å². The van der Waals surface area contributed by atoms with E-state index in [1.54, 1.807) is 21.6 Å². The van der Waals surface area contributed by atoms with E-state index >= 15 is 0 Å². The van der Waals surface area contributed by atoms with E-state index in [0.29, 0.717) is 13.2 Å². The summed E-state index contributed by atoms with van der Waals surface area (Å²) in [6, 6.07) is 0. The highest BCUT2D eigenvalue weighted by molar-refractivity contribution is 8.86. The lowest BCUT2D eigenvalue weighted by molar-refractivity contribution is 0.274. The van der Waals surface area contributed by atoms with Crippen LogP contribution in [0.1, 0.15) is 117 Å². The number of unbranched alkanes of at least 4 members (excludes halogenated alkanes) is 15. The third-order valence-electron chi connectivity index (χ3n) is 4.95. The van der Waals surface area contributed by atoms with Crippen LogP contribution in [0.4, 0.5) is 9.59 Å². The van der Waals surface area contributed by atoms with Crippen LogP contribution in [0.25, 0.3) is 0 Å². The number of hydrogen-bond donors (Lipinski definition) is 0. The molecule has 0 heterocycles. The van der Waals surface area contributed by atoms with E-state index in [9.17, 15) is 9.59 Å². The number of carbonyl (C=O) groups is 2. The van der Waals surface area contributed by atoms with Crippen LogP contribution in [-0.2, 0) is 8.37 Å². The quantitative estimate of drug-likeness (QED) is 0.0582. The van der Waals surface area contributed by atoms with Crippen molar-refractivity contribution >= 4 is 76.2 Å². The molecule has 34 heavy (non-hydrogen) atoms. The summed E-state index contributed by atoms with van der Waals surface area (Å²) in [6.07, 6.45) is 21.5. The van der Waals surface area contributed by atoms with Crippen LogP contribution in [0.3, 0.4) is 0 Å². The van der Waals surface area contributed by atoms with Gasteiger partial charge in [-0.05, 0) is 48.3 Å². The number of carbonyl (C=O) groups excluding carboxylic acids is 2. The maximum atomic E-state index is 11.4. The first-order chi connectivity index (χ1) is 16.7. The molecular weight excluding hydrogens is 545 g/mol. The molecule has 0 atom stereocenters. The predicted molar refractivity (Wildman–Crippen MR) is 163 cm³/mol. The molecule has 0 unspecified atom stereocenters. The van der Waals surface area contributed by atoms with E-state index in [4.69, 9.17) is 8.37 Å². The molecular formula is C24H46O4S6. The maximum Gasteiger partial charge on any atom is 0.283 e. The largest absolute Gasteiger partial charge is 0.308 e. The molecule has 0 aromatic carbocycles. The summed E-state index contributed by atoms with van der Waals surface area (Å²) in [5, 5.41) is 0. The molecule has 10 heteroatoms. The molecule has 0 radical (unpaired) electrons. The van der Waals surface area contributed by atoms with Crippen molar-refractivity contribution < 1.29 is 18.0 Å². The smallest absolute Gasteiger partial charge is 0.283 e. The highest BCUT2D eigenvalue weighted by Crippen LogP contribution is 2.31. The normalized spacial score (nSPS) is 11.2. The summed E-state index contributed by atoms with van der Waals surface area (Å²) in [4.78, 5) is 22.8. The van der Waals surface area contributed by atoms with Crippen LogP contribution in [0.15, 0.2) is 0 Å². The van der Waals surface area contributed by atoms with Gasteiger partial charge in [0, 0.05) is 11.5 Å². The second kappa shape index (κ2) is 30.6. The van der Waals surface area contributed by atoms with Crippen molar-refractivity contribution in [3.63, 3.8) is 0 Å². The topological polar surface area (TPSA) is 52.6 Å². The minimum absolute atomic E-state index is 0.0520. The lowest BCUT2D eigenvalue weighted by Crippen LogP contribution is -1.86. The first-order valence-corrected chi connectivity index (χ1v) is 19.1. The van der Waals surface area contributed by atoms with Crippen molar-refractivity contribution in [2.75, 3.05) is 24.7 Å². The van der Waals surface area contributed by atoms with Gasteiger partial charge in [0.05, 0.1) is 37.3 Å². The lowest BCUT2D eigenvalue weighted by Gasteiger charge is -2.04. The Kier molecular flexibility index (Phi) is 31.8. The van der Waals surface area contributed by atoms with Crippen molar-refractivity contribution in [1.82, 2.24) is 0 Å². The van der Waals surface area contributed by atoms with Crippen molar-refractivity contribution in [2.45, 2.75) is 117 Å². The van der Waals surface area contributed by atoms with E-state index in [0.717, 1.165) is 35.6 Å². The summed E-state index contributed by atoms with van der Waals surface area (Å²) < 4.78 is 10.2. The first-order valence-electron chi connectivity index (χ1n) is 13.0. The van der Waals surface area contributed by atoms with Gasteiger partial charge in [0.15, 0.2) is 0 Å². The molecule has 0 rings (SSSR count). The van der Waals surface area contributed by atoms with Crippen molar-refractivity contribution in [3.8, 4) is 0 Å². The van der Waals surface area contributed by atoms with Gasteiger partial charge in [-0.1, -0.05) is 111 Å². The molecule has 0 spiro atoms. The molecule has 202 valence electrons. The van der Waals surface area contributed by atoms with E-state index in [-0.39, 0.29) is 8.89 Å². The molecule has 0 bridgehead atoms. The molecule has 0 aliphatic rings. The van der Waals surface area contributed by atoms with Gasteiger partial charge in [0.1, 0.15) is 0 Å². The van der Waals surface area contributed by atoms with E-state index in [1.165, 1.54) is 124 Å². The molecule has 0 saturated heterocycles. The van der Waals surface area contributed by atoms with Gasteiger partial charge in [-0.3, -0.25) is 9.59 Å². The molecule has 4 nitrogen and oxygen atoms in total. The van der Waals surface area contributed by atoms with Gasteiger partial charge in [0.25, 0.3) is 8.89 Å².